The summed E-state index contributed by atoms with van der Waals surface area (Å²) in [6.45, 7) is 1.93. The van der Waals surface area contributed by atoms with Gasteiger partial charge in [0.05, 0.1) is 5.97 Å². The van der Waals surface area contributed by atoms with Gasteiger partial charge in [-0.05, 0) is 30.0 Å². The Hall–Kier alpha value is -1.81. The van der Waals surface area contributed by atoms with E-state index in [1.165, 1.54) is 11.3 Å². The molecule has 0 unspecified atom stereocenters. The van der Waals surface area contributed by atoms with Crippen molar-refractivity contribution in [1.29, 1.82) is 0 Å². The highest BCUT2D eigenvalue weighted by molar-refractivity contribution is 7.10. The molecule has 1 aromatic heterocycles. The molecule has 2 rings (SSSR count). The third-order valence-corrected chi connectivity index (χ3v) is 3.45. The molecule has 0 saturated heterocycles. The Morgan fingerprint density at radius 3 is 2.65 bits per heavy atom. The lowest BCUT2D eigenvalue weighted by Crippen LogP contribution is -2.33. The highest BCUT2D eigenvalue weighted by Gasteiger charge is 2.14. The fourth-order valence-corrected chi connectivity index (χ4v) is 2.35. The molecule has 0 fully saturated rings. The summed E-state index contributed by atoms with van der Waals surface area (Å²) in [4.78, 5) is 11.9. The van der Waals surface area contributed by atoms with Crippen molar-refractivity contribution in [2.75, 3.05) is 5.32 Å². The largest absolute Gasteiger partial charge is 0.547 e. The number of thiophene rings is 1. The van der Waals surface area contributed by atoms with Crippen molar-refractivity contribution in [2.45, 2.75) is 13.0 Å². The van der Waals surface area contributed by atoms with Crippen molar-refractivity contribution >= 4 is 23.0 Å². The van der Waals surface area contributed by atoms with Crippen molar-refractivity contribution in [2.24, 2.45) is 0 Å². The fourth-order valence-electron chi connectivity index (χ4n) is 1.59. The molecule has 3 nitrogen and oxygen atoms in total. The van der Waals surface area contributed by atoms with E-state index in [1.54, 1.807) is 6.07 Å². The van der Waals surface area contributed by atoms with E-state index in [4.69, 9.17) is 0 Å². The average Bonchev–Trinajstić information content (AvgIpc) is 2.81. The van der Waals surface area contributed by atoms with Gasteiger partial charge in [0.15, 0.2) is 0 Å². The number of aryl methyl sites for hydroxylation is 1. The second-order valence-electron chi connectivity index (χ2n) is 3.73. The van der Waals surface area contributed by atoms with Gasteiger partial charge in [-0.25, -0.2) is 0 Å². The van der Waals surface area contributed by atoms with Crippen molar-refractivity contribution in [3.05, 3.63) is 52.2 Å². The van der Waals surface area contributed by atoms with E-state index in [1.807, 2.05) is 42.6 Å². The van der Waals surface area contributed by atoms with Gasteiger partial charge in [-0.2, -0.15) is 0 Å². The zero-order valence-corrected chi connectivity index (χ0v) is 10.2. The van der Waals surface area contributed by atoms with Gasteiger partial charge in [-0.15, -0.1) is 11.3 Å². The van der Waals surface area contributed by atoms with Gasteiger partial charge in [0.1, 0.15) is 6.04 Å². The number of carbonyl (C=O) groups is 1. The van der Waals surface area contributed by atoms with Crippen molar-refractivity contribution in [3.8, 4) is 0 Å². The normalized spacial score (nSPS) is 12.1. The number of carbonyl (C=O) groups excluding carboxylic acids is 1. The first kappa shape index (κ1) is 11.7. The highest BCUT2D eigenvalue weighted by atomic mass is 32.1. The maximum Gasteiger partial charge on any atom is 0.101 e. The zero-order valence-electron chi connectivity index (χ0n) is 9.34. The van der Waals surface area contributed by atoms with Crippen LogP contribution >= 0.6 is 11.3 Å². The predicted octanol–water partition coefficient (Wildman–Crippen LogP) is 1.96. The number of hydrogen-bond acceptors (Lipinski definition) is 4. The van der Waals surface area contributed by atoms with Crippen LogP contribution in [0, 0.1) is 6.92 Å². The molecular weight excluding hydrogens is 234 g/mol. The van der Waals surface area contributed by atoms with Gasteiger partial charge < -0.3 is 15.2 Å². The number of anilines is 1. The number of aliphatic carboxylic acids is 1. The van der Waals surface area contributed by atoms with E-state index < -0.39 is 12.0 Å². The van der Waals surface area contributed by atoms with Gasteiger partial charge in [-0.3, -0.25) is 0 Å². The molecule has 1 aromatic carbocycles. The average molecular weight is 246 g/mol. The van der Waals surface area contributed by atoms with E-state index in [-0.39, 0.29) is 0 Å². The van der Waals surface area contributed by atoms with Crippen LogP contribution in [-0.4, -0.2) is 5.97 Å². The summed E-state index contributed by atoms with van der Waals surface area (Å²) in [7, 11) is 0. The molecule has 1 N–H and O–H groups in total. The Kier molecular flexibility index (Phi) is 3.44. The van der Waals surface area contributed by atoms with Gasteiger partial charge in [0, 0.05) is 10.6 Å². The monoisotopic (exact) mass is 246 g/mol. The maximum absolute atomic E-state index is 11.1. The second-order valence-corrected chi connectivity index (χ2v) is 4.71. The summed E-state index contributed by atoms with van der Waals surface area (Å²) in [5.41, 5.74) is 1.82. The van der Waals surface area contributed by atoms with E-state index in [0.717, 1.165) is 16.1 Å². The van der Waals surface area contributed by atoms with Crippen molar-refractivity contribution < 1.29 is 9.90 Å². The van der Waals surface area contributed by atoms with Gasteiger partial charge >= 0.3 is 0 Å². The van der Waals surface area contributed by atoms with Crippen LogP contribution in [0.1, 0.15) is 16.5 Å². The van der Waals surface area contributed by atoms with Gasteiger partial charge in [0.2, 0.25) is 0 Å². The van der Waals surface area contributed by atoms with Crippen LogP contribution in [0.25, 0.3) is 0 Å². The Morgan fingerprint density at radius 2 is 2.06 bits per heavy atom. The topological polar surface area (TPSA) is 52.2 Å². The quantitative estimate of drug-likeness (QED) is 0.897. The van der Waals surface area contributed by atoms with E-state index >= 15 is 0 Å². The summed E-state index contributed by atoms with van der Waals surface area (Å²) in [5.74, 6) is -1.12. The highest BCUT2D eigenvalue weighted by Crippen LogP contribution is 2.24. The summed E-state index contributed by atoms with van der Waals surface area (Å²) >= 11 is 1.40. The Morgan fingerprint density at radius 1 is 1.29 bits per heavy atom. The first-order valence-corrected chi connectivity index (χ1v) is 6.13. The molecule has 2 aromatic rings. The molecule has 0 bridgehead atoms. The fraction of sp³-hybridized carbons (Fsp3) is 0.154. The SMILES string of the molecule is Cc1ccccc1N[C@@H](C(=O)[O-])c1cccs1. The van der Waals surface area contributed by atoms with Crippen molar-refractivity contribution in [1.82, 2.24) is 0 Å². The standard InChI is InChI=1S/C13H13NO2S/c1-9-5-2-3-6-10(9)14-12(13(15)16)11-7-4-8-17-11/h2-8,12,14H,1H3,(H,15,16)/p-1/t12-/m1/s1. The first-order chi connectivity index (χ1) is 8.18. The smallest absolute Gasteiger partial charge is 0.101 e. The van der Waals surface area contributed by atoms with E-state index in [9.17, 15) is 9.90 Å². The Labute approximate surface area is 104 Å². The molecule has 1 heterocycles. The van der Waals surface area contributed by atoms with Gasteiger partial charge in [0.25, 0.3) is 0 Å². The number of benzene rings is 1. The minimum Gasteiger partial charge on any atom is -0.547 e. The Balaban J connectivity index is 2.26. The van der Waals surface area contributed by atoms with Crippen LogP contribution in [-0.2, 0) is 4.79 Å². The van der Waals surface area contributed by atoms with E-state index in [2.05, 4.69) is 5.32 Å². The first-order valence-electron chi connectivity index (χ1n) is 5.25. The lowest BCUT2D eigenvalue weighted by Gasteiger charge is -2.20. The zero-order chi connectivity index (χ0) is 12.3. The van der Waals surface area contributed by atoms with Crippen LogP contribution in [0.15, 0.2) is 41.8 Å². The molecule has 0 aliphatic heterocycles. The molecule has 88 valence electrons. The molecule has 0 amide bonds. The summed E-state index contributed by atoms with van der Waals surface area (Å²) in [5, 5.41) is 16.0. The predicted molar refractivity (Wildman–Crippen MR) is 66.9 cm³/mol. The van der Waals surface area contributed by atoms with Gasteiger partial charge in [-0.1, -0.05) is 24.3 Å². The van der Waals surface area contributed by atoms with Crippen LogP contribution in [0.2, 0.25) is 0 Å². The molecule has 0 spiro atoms. The molecular formula is C13H12NO2S-. The van der Waals surface area contributed by atoms with Crippen LogP contribution < -0.4 is 10.4 Å². The van der Waals surface area contributed by atoms with E-state index in [0.29, 0.717) is 0 Å². The summed E-state index contributed by atoms with van der Waals surface area (Å²) < 4.78 is 0. The molecule has 4 heteroatoms. The molecule has 0 aliphatic carbocycles. The number of carboxylic acid groups (broad SMARTS) is 1. The third-order valence-electron chi connectivity index (χ3n) is 2.51. The van der Waals surface area contributed by atoms with Crippen LogP contribution in [0.3, 0.4) is 0 Å². The van der Waals surface area contributed by atoms with Crippen LogP contribution in [0.4, 0.5) is 5.69 Å². The maximum atomic E-state index is 11.1. The second kappa shape index (κ2) is 5.01. The van der Waals surface area contributed by atoms with Crippen molar-refractivity contribution in [3.63, 3.8) is 0 Å². The third kappa shape index (κ3) is 2.65. The minimum absolute atomic E-state index is 0.744. The number of nitrogens with one attached hydrogen (secondary N) is 1. The lowest BCUT2D eigenvalue weighted by atomic mass is 10.1. The molecule has 0 saturated carbocycles. The van der Waals surface area contributed by atoms with Crippen LogP contribution in [0.5, 0.6) is 0 Å². The molecule has 1 atom stereocenters. The summed E-state index contributed by atoms with van der Waals surface area (Å²) in [6.07, 6.45) is 0. The molecule has 0 radical (unpaired) electrons. The minimum atomic E-state index is -1.12. The number of hydrogen-bond donors (Lipinski definition) is 1. The molecule has 17 heavy (non-hydrogen) atoms. The Bertz CT molecular complexity index is 508. The lowest BCUT2D eigenvalue weighted by molar-refractivity contribution is -0.307. The number of rotatable bonds is 4. The molecule has 0 aliphatic rings. The number of carboxylic acids is 1. The number of para-hydroxylation sites is 1. The summed E-state index contributed by atoms with van der Waals surface area (Å²) in [6, 6.07) is 10.4.